The van der Waals surface area contributed by atoms with E-state index in [0.717, 1.165) is 10.8 Å². The van der Waals surface area contributed by atoms with Gasteiger partial charge in [0, 0.05) is 0 Å². The molecule has 3 aromatic carbocycles. The number of carboxylic acids is 1. The lowest BCUT2D eigenvalue weighted by Crippen LogP contribution is -1.97. The largest absolute Gasteiger partial charge is 0.497 e. The molecule has 0 bridgehead atoms. The van der Waals surface area contributed by atoms with Gasteiger partial charge in [-0.1, -0.05) is 30.3 Å². The molecular formula is C18H14N2O3. The first kappa shape index (κ1) is 14.7. The van der Waals surface area contributed by atoms with Gasteiger partial charge in [0.15, 0.2) is 0 Å². The van der Waals surface area contributed by atoms with Gasteiger partial charge in [-0.25, -0.2) is 4.79 Å². The Bertz CT molecular complexity index is 904. The molecule has 114 valence electrons. The topological polar surface area (TPSA) is 71.2 Å². The molecule has 0 spiro atoms. The highest BCUT2D eigenvalue weighted by atomic mass is 16.5. The zero-order chi connectivity index (χ0) is 16.2. The number of nitrogens with zero attached hydrogens (tertiary/aromatic N) is 2. The van der Waals surface area contributed by atoms with Gasteiger partial charge >= 0.3 is 5.97 Å². The zero-order valence-electron chi connectivity index (χ0n) is 12.4. The maximum atomic E-state index is 11.3. The number of methoxy groups -OCH3 is 1. The van der Waals surface area contributed by atoms with Gasteiger partial charge in [-0.15, -0.1) is 5.11 Å². The van der Waals surface area contributed by atoms with Crippen LogP contribution in [0.3, 0.4) is 0 Å². The second kappa shape index (κ2) is 6.27. The van der Waals surface area contributed by atoms with Gasteiger partial charge in [0.25, 0.3) is 0 Å². The van der Waals surface area contributed by atoms with Crippen LogP contribution in [0.4, 0.5) is 11.4 Å². The van der Waals surface area contributed by atoms with Crippen LogP contribution >= 0.6 is 0 Å². The summed E-state index contributed by atoms with van der Waals surface area (Å²) in [4.78, 5) is 11.3. The number of hydrogen-bond acceptors (Lipinski definition) is 4. The number of carbonyl (C=O) groups is 1. The molecule has 0 radical (unpaired) electrons. The number of carboxylic acid groups (broad SMARTS) is 1. The summed E-state index contributed by atoms with van der Waals surface area (Å²) >= 11 is 0. The summed E-state index contributed by atoms with van der Waals surface area (Å²) in [5, 5.41) is 19.6. The first-order chi connectivity index (χ1) is 11.2. The molecule has 0 saturated heterocycles. The van der Waals surface area contributed by atoms with Gasteiger partial charge in [-0.3, -0.25) is 0 Å². The molecule has 0 fully saturated rings. The monoisotopic (exact) mass is 306 g/mol. The Hall–Kier alpha value is -3.21. The minimum atomic E-state index is -1.07. The number of rotatable bonds is 4. The third kappa shape index (κ3) is 3.18. The molecule has 0 amide bonds. The molecule has 23 heavy (non-hydrogen) atoms. The van der Waals surface area contributed by atoms with Gasteiger partial charge in [-0.05, 0) is 41.1 Å². The maximum Gasteiger partial charge on any atom is 0.338 e. The maximum absolute atomic E-state index is 11.3. The Kier molecular flexibility index (Phi) is 4.01. The van der Waals surface area contributed by atoms with Gasteiger partial charge < -0.3 is 9.84 Å². The van der Waals surface area contributed by atoms with Gasteiger partial charge in [-0.2, -0.15) is 5.11 Å². The predicted octanol–water partition coefficient (Wildman–Crippen LogP) is 4.96. The van der Waals surface area contributed by atoms with Crippen molar-refractivity contribution >= 4 is 28.1 Å². The summed E-state index contributed by atoms with van der Waals surface area (Å²) in [7, 11) is 1.48. The van der Waals surface area contributed by atoms with Crippen LogP contribution in [-0.2, 0) is 0 Å². The van der Waals surface area contributed by atoms with E-state index in [2.05, 4.69) is 10.2 Å². The number of fused-ring (bicyclic) bond motifs is 1. The van der Waals surface area contributed by atoms with Crippen LogP contribution < -0.4 is 4.74 Å². The minimum Gasteiger partial charge on any atom is -0.497 e. The van der Waals surface area contributed by atoms with Crippen LogP contribution in [-0.4, -0.2) is 18.2 Å². The number of azo groups is 1. The van der Waals surface area contributed by atoms with Crippen LogP contribution in [0.15, 0.2) is 70.9 Å². The van der Waals surface area contributed by atoms with E-state index in [9.17, 15) is 9.90 Å². The number of aromatic carboxylic acids is 1. The smallest absolute Gasteiger partial charge is 0.338 e. The van der Waals surface area contributed by atoms with Crippen molar-refractivity contribution in [3.63, 3.8) is 0 Å². The molecule has 0 unspecified atom stereocenters. The Labute approximate surface area is 132 Å². The van der Waals surface area contributed by atoms with Crippen molar-refractivity contribution in [1.82, 2.24) is 0 Å². The summed E-state index contributed by atoms with van der Waals surface area (Å²) in [5.41, 5.74) is 0.996. The third-order valence-electron chi connectivity index (χ3n) is 3.44. The van der Waals surface area contributed by atoms with Crippen molar-refractivity contribution in [1.29, 1.82) is 0 Å². The molecule has 0 saturated carbocycles. The molecule has 3 rings (SSSR count). The van der Waals surface area contributed by atoms with Crippen molar-refractivity contribution in [2.75, 3.05) is 7.11 Å². The van der Waals surface area contributed by atoms with Gasteiger partial charge in [0.2, 0.25) is 0 Å². The first-order valence-electron chi connectivity index (χ1n) is 6.99. The molecule has 0 aliphatic carbocycles. The lowest BCUT2D eigenvalue weighted by molar-refractivity contribution is 0.0697. The van der Waals surface area contributed by atoms with Crippen molar-refractivity contribution in [3.05, 3.63) is 66.2 Å². The molecule has 5 heteroatoms. The Morgan fingerprint density at radius 3 is 2.48 bits per heavy atom. The SMILES string of the molecule is COc1ccc(N=Nc2ccc3ccccc3c2)c(C(=O)O)c1. The molecular weight excluding hydrogens is 292 g/mol. The van der Waals surface area contributed by atoms with E-state index in [1.807, 2.05) is 42.5 Å². The molecule has 5 nitrogen and oxygen atoms in total. The van der Waals surface area contributed by atoms with Crippen molar-refractivity contribution < 1.29 is 14.6 Å². The molecule has 3 aromatic rings. The van der Waals surface area contributed by atoms with E-state index in [1.54, 1.807) is 12.1 Å². The van der Waals surface area contributed by atoms with E-state index in [-0.39, 0.29) is 11.3 Å². The Morgan fingerprint density at radius 1 is 0.957 bits per heavy atom. The second-order valence-corrected chi connectivity index (χ2v) is 4.92. The number of hydrogen-bond donors (Lipinski definition) is 1. The highest BCUT2D eigenvalue weighted by molar-refractivity contribution is 5.93. The van der Waals surface area contributed by atoms with Crippen LogP contribution in [0.1, 0.15) is 10.4 Å². The number of ether oxygens (including phenoxy) is 1. The minimum absolute atomic E-state index is 0.0499. The normalized spacial score (nSPS) is 11.0. The van der Waals surface area contributed by atoms with Crippen molar-refractivity contribution in [2.45, 2.75) is 0 Å². The fourth-order valence-electron chi connectivity index (χ4n) is 2.25. The summed E-state index contributed by atoms with van der Waals surface area (Å²) in [6.07, 6.45) is 0. The Morgan fingerprint density at radius 2 is 1.74 bits per heavy atom. The van der Waals surface area contributed by atoms with Crippen LogP contribution in [0.5, 0.6) is 5.75 Å². The molecule has 0 aromatic heterocycles. The summed E-state index contributed by atoms with van der Waals surface area (Å²) in [6, 6.07) is 18.3. The average molecular weight is 306 g/mol. The summed E-state index contributed by atoms with van der Waals surface area (Å²) in [6.45, 7) is 0. The van der Waals surface area contributed by atoms with E-state index in [1.165, 1.54) is 13.2 Å². The first-order valence-corrected chi connectivity index (χ1v) is 6.99. The summed E-state index contributed by atoms with van der Waals surface area (Å²) in [5.74, 6) is -0.608. The van der Waals surface area contributed by atoms with Crippen LogP contribution in [0.2, 0.25) is 0 Å². The third-order valence-corrected chi connectivity index (χ3v) is 3.44. The lowest BCUT2D eigenvalue weighted by Gasteiger charge is -2.04. The molecule has 0 atom stereocenters. The standard InChI is InChI=1S/C18H14N2O3/c1-23-15-8-9-17(16(11-15)18(21)22)20-19-14-7-6-12-4-2-3-5-13(12)10-14/h2-11H,1H3,(H,21,22). The highest BCUT2D eigenvalue weighted by Crippen LogP contribution is 2.27. The van der Waals surface area contributed by atoms with E-state index in [4.69, 9.17) is 4.74 Å². The number of benzene rings is 3. The Balaban J connectivity index is 1.96. The van der Waals surface area contributed by atoms with Gasteiger partial charge in [0.1, 0.15) is 11.4 Å². The second-order valence-electron chi connectivity index (χ2n) is 4.92. The van der Waals surface area contributed by atoms with E-state index in [0.29, 0.717) is 11.4 Å². The van der Waals surface area contributed by atoms with E-state index < -0.39 is 5.97 Å². The molecule has 0 aliphatic rings. The zero-order valence-corrected chi connectivity index (χ0v) is 12.4. The average Bonchev–Trinajstić information content (AvgIpc) is 2.59. The fourth-order valence-corrected chi connectivity index (χ4v) is 2.25. The lowest BCUT2D eigenvalue weighted by atomic mass is 10.1. The highest BCUT2D eigenvalue weighted by Gasteiger charge is 2.11. The van der Waals surface area contributed by atoms with E-state index >= 15 is 0 Å². The van der Waals surface area contributed by atoms with Gasteiger partial charge in [0.05, 0.1) is 18.4 Å². The van der Waals surface area contributed by atoms with Crippen LogP contribution in [0, 0.1) is 0 Å². The molecule has 0 aliphatic heterocycles. The van der Waals surface area contributed by atoms with Crippen molar-refractivity contribution in [3.8, 4) is 5.75 Å². The fraction of sp³-hybridized carbons (Fsp3) is 0.0556. The molecule has 0 heterocycles. The van der Waals surface area contributed by atoms with Crippen LogP contribution in [0.25, 0.3) is 10.8 Å². The molecule has 1 N–H and O–H groups in total. The predicted molar refractivity (Wildman–Crippen MR) is 88.1 cm³/mol. The summed E-state index contributed by atoms with van der Waals surface area (Å²) < 4.78 is 5.04. The quantitative estimate of drug-likeness (QED) is 0.692. The van der Waals surface area contributed by atoms with Crippen molar-refractivity contribution in [2.24, 2.45) is 10.2 Å².